The van der Waals surface area contributed by atoms with E-state index in [1.54, 1.807) is 0 Å². The minimum atomic E-state index is -5.84. The topological polar surface area (TPSA) is 54.4 Å². The first kappa shape index (κ1) is 18.8. The fourth-order valence-corrected chi connectivity index (χ4v) is 3.04. The highest BCUT2D eigenvalue weighted by molar-refractivity contribution is 7.86. The van der Waals surface area contributed by atoms with Gasteiger partial charge in [0, 0.05) is 0 Å². The molecule has 0 saturated heterocycles. The minimum absolute atomic E-state index is 0.997. The summed E-state index contributed by atoms with van der Waals surface area (Å²) in [6.07, 6.45) is 15.0. The number of hydrogen-bond acceptors (Lipinski definition) is 2. The smallest absolute Gasteiger partial charge is 0.279 e. The Morgan fingerprint density at radius 1 is 0.810 bits per heavy atom. The molecule has 0 heterocycles. The van der Waals surface area contributed by atoms with Crippen molar-refractivity contribution in [2.24, 2.45) is 0 Å². The van der Waals surface area contributed by atoms with Crippen LogP contribution in [0.25, 0.3) is 0 Å². The fraction of sp³-hybridized carbons (Fsp3) is 1.00. The molecule has 2 fully saturated rings. The van der Waals surface area contributed by atoms with Crippen LogP contribution in [-0.4, -0.2) is 25.8 Å². The summed E-state index contributed by atoms with van der Waals surface area (Å²) in [7, 11) is -3.12. The number of alkyl halides is 3. The van der Waals surface area contributed by atoms with Gasteiger partial charge >= 0.3 is 15.6 Å². The number of rotatable bonds is 2. The van der Waals surface area contributed by atoms with E-state index in [2.05, 4.69) is 7.28 Å². The van der Waals surface area contributed by atoms with Crippen LogP contribution in [0.2, 0.25) is 11.6 Å². The first-order valence-electron chi connectivity index (χ1n) is 7.59. The van der Waals surface area contributed by atoms with Gasteiger partial charge in [0.25, 0.3) is 0 Å². The lowest BCUT2D eigenvalue weighted by Gasteiger charge is -2.27. The molecule has 8 heteroatoms. The van der Waals surface area contributed by atoms with E-state index in [-0.39, 0.29) is 0 Å². The van der Waals surface area contributed by atoms with Crippen LogP contribution in [0.1, 0.15) is 64.2 Å². The average molecular weight is 327 g/mol. The van der Waals surface area contributed by atoms with Gasteiger partial charge in [-0.1, -0.05) is 75.8 Å². The summed E-state index contributed by atoms with van der Waals surface area (Å²) in [4.78, 5) is 0. The van der Waals surface area contributed by atoms with E-state index in [1.165, 1.54) is 64.2 Å². The molecule has 0 amide bonds. The predicted octanol–water partition coefficient (Wildman–Crippen LogP) is 4.59. The molecule has 3 nitrogen and oxygen atoms in total. The number of hydrogen-bond donors (Lipinski definition) is 1. The fourth-order valence-electron chi connectivity index (χ4n) is 3.04. The maximum atomic E-state index is 10.7. The van der Waals surface area contributed by atoms with Gasteiger partial charge in [-0.25, -0.2) is 0 Å². The Kier molecular flexibility index (Phi) is 7.54. The van der Waals surface area contributed by atoms with Crippen molar-refractivity contribution in [1.82, 2.24) is 0 Å². The summed E-state index contributed by atoms with van der Waals surface area (Å²) < 4.78 is 57.5. The Hall–Kier alpha value is -0.235. The van der Waals surface area contributed by atoms with E-state index in [4.69, 9.17) is 13.0 Å². The van der Waals surface area contributed by atoms with Gasteiger partial charge in [0.2, 0.25) is 0 Å². The molecule has 0 unspecified atom stereocenters. The zero-order valence-electron chi connectivity index (χ0n) is 12.1. The maximum Gasteiger partial charge on any atom is 0.522 e. The van der Waals surface area contributed by atoms with Crippen molar-refractivity contribution in [2.45, 2.75) is 81.4 Å². The normalized spacial score (nSPS) is 22.3. The predicted molar refractivity (Wildman–Crippen MR) is 77.0 cm³/mol. The molecule has 0 aromatic rings. The van der Waals surface area contributed by atoms with Crippen LogP contribution in [0.15, 0.2) is 0 Å². The molecule has 2 aliphatic carbocycles. The zero-order valence-corrected chi connectivity index (χ0v) is 12.9. The summed E-state index contributed by atoms with van der Waals surface area (Å²) in [5.74, 6) is 1.99. The molecule has 0 bridgehead atoms. The second-order valence-corrected chi connectivity index (χ2v) is 7.32. The Labute approximate surface area is 125 Å². The first-order valence-corrected chi connectivity index (χ1v) is 9.03. The summed E-state index contributed by atoms with van der Waals surface area (Å²) in [6.45, 7) is 0. The summed E-state index contributed by atoms with van der Waals surface area (Å²) in [5.41, 5.74) is -5.53. The average Bonchev–Trinajstić information content (AvgIpc) is 2.39. The molecular weight excluding hydrogens is 304 g/mol. The Bertz CT molecular complexity index is 370. The standard InChI is InChI=1S/C12H22B.CHF3O3S/c1-3-7-11(8-4-1)13-12-9-5-2-6-10-12;2-1(3,4)8(5,6)7/h11-12H,1-10H2;(H,5,6,7). The molecule has 2 saturated carbocycles. The largest absolute Gasteiger partial charge is 0.522 e. The molecule has 0 spiro atoms. The Morgan fingerprint density at radius 3 is 1.33 bits per heavy atom. The van der Waals surface area contributed by atoms with Gasteiger partial charge in [-0.2, -0.15) is 21.6 Å². The van der Waals surface area contributed by atoms with Crippen molar-refractivity contribution in [3.8, 4) is 0 Å². The van der Waals surface area contributed by atoms with Crippen molar-refractivity contribution in [2.75, 3.05) is 0 Å². The van der Waals surface area contributed by atoms with Gasteiger partial charge in [-0.3, -0.25) is 4.55 Å². The molecule has 2 aliphatic rings. The van der Waals surface area contributed by atoms with Crippen molar-refractivity contribution in [3.05, 3.63) is 0 Å². The van der Waals surface area contributed by atoms with Crippen LogP contribution in [0.4, 0.5) is 13.2 Å². The van der Waals surface area contributed by atoms with Gasteiger partial charge in [0.15, 0.2) is 0 Å². The van der Waals surface area contributed by atoms with E-state index >= 15 is 0 Å². The molecular formula is C13H23BF3O3S. The van der Waals surface area contributed by atoms with Gasteiger partial charge in [0.05, 0.1) is 0 Å². The van der Waals surface area contributed by atoms with Gasteiger partial charge in [0.1, 0.15) is 7.28 Å². The first-order chi connectivity index (χ1) is 9.70. The van der Waals surface area contributed by atoms with Crippen LogP contribution >= 0.6 is 0 Å². The molecule has 123 valence electrons. The van der Waals surface area contributed by atoms with E-state index in [1.807, 2.05) is 0 Å². The van der Waals surface area contributed by atoms with Crippen molar-refractivity contribution in [3.63, 3.8) is 0 Å². The molecule has 21 heavy (non-hydrogen) atoms. The van der Waals surface area contributed by atoms with Crippen LogP contribution < -0.4 is 0 Å². The highest BCUT2D eigenvalue weighted by Gasteiger charge is 2.44. The summed E-state index contributed by atoms with van der Waals surface area (Å²) >= 11 is 0. The van der Waals surface area contributed by atoms with Gasteiger partial charge in [-0.05, 0) is 0 Å². The van der Waals surface area contributed by atoms with E-state index in [9.17, 15) is 13.2 Å². The maximum absolute atomic E-state index is 10.7. The second-order valence-electron chi connectivity index (χ2n) is 5.91. The van der Waals surface area contributed by atoms with E-state index in [0.29, 0.717) is 0 Å². The van der Waals surface area contributed by atoms with Crippen LogP contribution in [0.3, 0.4) is 0 Å². The van der Waals surface area contributed by atoms with Crippen molar-refractivity contribution < 1.29 is 26.1 Å². The zero-order chi connectivity index (χ0) is 15.9. The molecule has 1 radical (unpaired) electrons. The van der Waals surface area contributed by atoms with Crippen molar-refractivity contribution >= 4 is 17.4 Å². The van der Waals surface area contributed by atoms with Crippen LogP contribution in [0.5, 0.6) is 0 Å². The van der Waals surface area contributed by atoms with Gasteiger partial charge < -0.3 is 0 Å². The quantitative estimate of drug-likeness (QED) is 0.458. The second kappa shape index (κ2) is 8.41. The lowest BCUT2D eigenvalue weighted by atomic mass is 9.48. The Morgan fingerprint density at radius 2 is 1.10 bits per heavy atom. The van der Waals surface area contributed by atoms with Crippen LogP contribution in [-0.2, 0) is 10.1 Å². The molecule has 0 aromatic heterocycles. The number of halogens is 3. The minimum Gasteiger partial charge on any atom is -0.279 e. The third kappa shape index (κ3) is 7.54. The monoisotopic (exact) mass is 327 g/mol. The molecule has 0 atom stereocenters. The highest BCUT2D eigenvalue weighted by atomic mass is 32.2. The third-order valence-electron chi connectivity index (χ3n) is 4.14. The van der Waals surface area contributed by atoms with Gasteiger partial charge in [-0.15, -0.1) is 0 Å². The SMILES string of the molecule is O=S(=O)(O)C(F)(F)F.[B](C1CCCCC1)C1CCCCC1. The molecule has 2 rings (SSSR count). The Balaban J connectivity index is 0.000000240. The molecule has 1 N–H and O–H groups in total. The van der Waals surface area contributed by atoms with E-state index < -0.39 is 15.6 Å². The summed E-state index contributed by atoms with van der Waals surface area (Å²) in [5, 5.41) is 0. The van der Waals surface area contributed by atoms with Crippen LogP contribution in [0, 0.1) is 0 Å². The van der Waals surface area contributed by atoms with Crippen molar-refractivity contribution in [1.29, 1.82) is 0 Å². The molecule has 0 aromatic carbocycles. The third-order valence-corrected chi connectivity index (χ3v) is 4.72. The summed E-state index contributed by atoms with van der Waals surface area (Å²) in [6, 6.07) is 0. The van der Waals surface area contributed by atoms with E-state index in [0.717, 1.165) is 11.6 Å². The lowest BCUT2D eigenvalue weighted by Crippen LogP contribution is -2.21. The lowest BCUT2D eigenvalue weighted by molar-refractivity contribution is -0.0510. The molecule has 0 aliphatic heterocycles. The highest BCUT2D eigenvalue weighted by Crippen LogP contribution is 2.36.